The molecule has 1 aliphatic rings. The molecule has 3 aromatic heterocycles. The van der Waals surface area contributed by atoms with Crippen LogP contribution in [0.3, 0.4) is 0 Å². The summed E-state index contributed by atoms with van der Waals surface area (Å²) in [4.78, 5) is 22.6. The van der Waals surface area contributed by atoms with Gasteiger partial charge in [0, 0.05) is 43.7 Å². The van der Waals surface area contributed by atoms with Gasteiger partial charge in [0.2, 0.25) is 0 Å². The number of rotatable bonds is 3. The van der Waals surface area contributed by atoms with Crippen LogP contribution in [0.2, 0.25) is 0 Å². The number of H-pyrrole nitrogens is 1. The first-order valence-electron chi connectivity index (χ1n) is 9.77. The fraction of sp³-hybridized carbons (Fsp3) is 0.304. The van der Waals surface area contributed by atoms with Gasteiger partial charge in [-0.2, -0.15) is 0 Å². The van der Waals surface area contributed by atoms with Crippen LogP contribution in [0.15, 0.2) is 24.3 Å². The fourth-order valence-corrected chi connectivity index (χ4v) is 6.00. The number of carboxylic acids is 1. The molecule has 4 nitrogen and oxygen atoms in total. The van der Waals surface area contributed by atoms with E-state index in [1.165, 1.54) is 28.7 Å². The smallest absolute Gasteiger partial charge is 0.307 e. The Kier molecular flexibility index (Phi) is 4.02. The molecule has 5 heteroatoms. The Morgan fingerprint density at radius 1 is 1.18 bits per heavy atom. The number of benzene rings is 1. The molecule has 0 radical (unpaired) electrons. The molecule has 5 rings (SSSR count). The van der Waals surface area contributed by atoms with Crippen molar-refractivity contribution >= 4 is 38.4 Å². The molecule has 2 N–H and O–H groups in total. The normalized spacial score (nSPS) is 13.9. The fourth-order valence-electron chi connectivity index (χ4n) is 4.68. The molecule has 0 atom stereocenters. The Morgan fingerprint density at radius 3 is 2.79 bits per heavy atom. The number of hydrogen-bond acceptors (Lipinski definition) is 3. The van der Waals surface area contributed by atoms with Crippen LogP contribution in [-0.4, -0.2) is 21.0 Å². The number of aromatic amines is 1. The van der Waals surface area contributed by atoms with Crippen LogP contribution in [-0.2, 0) is 24.1 Å². The average Bonchev–Trinajstić information content (AvgIpc) is 3.19. The van der Waals surface area contributed by atoms with E-state index in [4.69, 9.17) is 4.98 Å². The first-order valence-corrected chi connectivity index (χ1v) is 10.6. The zero-order valence-electron chi connectivity index (χ0n) is 16.1. The second kappa shape index (κ2) is 6.45. The first-order chi connectivity index (χ1) is 13.5. The second-order valence-electron chi connectivity index (χ2n) is 7.68. The predicted molar refractivity (Wildman–Crippen MR) is 114 cm³/mol. The predicted octanol–water partition coefficient (Wildman–Crippen LogP) is 5.57. The molecule has 0 aliphatic heterocycles. The third-order valence-corrected chi connectivity index (χ3v) is 7.07. The maximum atomic E-state index is 11.7. The zero-order chi connectivity index (χ0) is 19.4. The minimum absolute atomic E-state index is 0.00628. The van der Waals surface area contributed by atoms with E-state index < -0.39 is 5.97 Å². The van der Waals surface area contributed by atoms with E-state index in [2.05, 4.69) is 24.0 Å². The Labute approximate surface area is 167 Å². The number of carboxylic acid groups (broad SMARTS) is 1. The quantitative estimate of drug-likeness (QED) is 0.481. The van der Waals surface area contributed by atoms with Gasteiger partial charge in [-0.1, -0.05) is 18.2 Å². The second-order valence-corrected chi connectivity index (χ2v) is 8.77. The third-order valence-electron chi connectivity index (χ3n) is 5.88. The van der Waals surface area contributed by atoms with E-state index in [9.17, 15) is 9.90 Å². The zero-order valence-corrected chi connectivity index (χ0v) is 16.9. The van der Waals surface area contributed by atoms with E-state index in [1.54, 1.807) is 11.3 Å². The van der Waals surface area contributed by atoms with Crippen molar-refractivity contribution in [3.8, 4) is 11.1 Å². The lowest BCUT2D eigenvalue weighted by atomic mass is 9.88. The van der Waals surface area contributed by atoms with Crippen LogP contribution in [0.5, 0.6) is 0 Å². The van der Waals surface area contributed by atoms with E-state index >= 15 is 0 Å². The van der Waals surface area contributed by atoms with Gasteiger partial charge in [-0.3, -0.25) is 4.79 Å². The first kappa shape index (κ1) is 17.4. The van der Waals surface area contributed by atoms with Gasteiger partial charge in [-0.05, 0) is 56.7 Å². The van der Waals surface area contributed by atoms with Crippen molar-refractivity contribution in [1.82, 2.24) is 9.97 Å². The molecular formula is C23H22N2O2S. The summed E-state index contributed by atoms with van der Waals surface area (Å²) in [5, 5.41) is 12.0. The van der Waals surface area contributed by atoms with Crippen molar-refractivity contribution in [3.63, 3.8) is 0 Å². The highest BCUT2D eigenvalue weighted by atomic mass is 32.1. The van der Waals surface area contributed by atoms with Crippen molar-refractivity contribution in [2.75, 3.05) is 0 Å². The van der Waals surface area contributed by atoms with Crippen LogP contribution in [0.1, 0.15) is 40.2 Å². The number of aliphatic carboxylic acids is 1. The molecular weight excluding hydrogens is 368 g/mol. The van der Waals surface area contributed by atoms with Gasteiger partial charge in [0.15, 0.2) is 0 Å². The lowest BCUT2D eigenvalue weighted by molar-refractivity contribution is -0.136. The molecule has 1 aliphatic carbocycles. The standard InChI is InChI=1S/C23H22N2O2S/c1-12-16(11-19(26)27)21(20-13(2)24-17-9-5-3-7-14(17)20)22-15-8-4-6-10-18(15)28-23(22)25-12/h3,5,7,9,24H,4,6,8,10-11H2,1-2H3,(H,26,27). The van der Waals surface area contributed by atoms with Gasteiger partial charge < -0.3 is 10.1 Å². The molecule has 3 heterocycles. The number of para-hydroxylation sites is 1. The molecule has 142 valence electrons. The van der Waals surface area contributed by atoms with Gasteiger partial charge in [-0.25, -0.2) is 4.98 Å². The number of nitrogens with zero attached hydrogens (tertiary/aromatic N) is 1. The summed E-state index contributed by atoms with van der Waals surface area (Å²) < 4.78 is 0. The number of hydrogen-bond donors (Lipinski definition) is 2. The Morgan fingerprint density at radius 2 is 1.96 bits per heavy atom. The third kappa shape index (κ3) is 2.57. The van der Waals surface area contributed by atoms with Crippen LogP contribution in [0.4, 0.5) is 0 Å². The summed E-state index contributed by atoms with van der Waals surface area (Å²) in [5.41, 5.74) is 7.45. The minimum atomic E-state index is -0.813. The van der Waals surface area contributed by atoms with Crippen molar-refractivity contribution < 1.29 is 9.90 Å². The van der Waals surface area contributed by atoms with Gasteiger partial charge in [0.25, 0.3) is 0 Å². The monoisotopic (exact) mass is 390 g/mol. The van der Waals surface area contributed by atoms with Crippen molar-refractivity contribution in [3.05, 3.63) is 51.7 Å². The minimum Gasteiger partial charge on any atom is -0.481 e. The molecule has 1 aromatic carbocycles. The van der Waals surface area contributed by atoms with Crippen molar-refractivity contribution in [2.24, 2.45) is 0 Å². The van der Waals surface area contributed by atoms with Crippen LogP contribution in [0, 0.1) is 13.8 Å². The number of carbonyl (C=O) groups is 1. The lowest BCUT2D eigenvalue weighted by Crippen LogP contribution is -2.07. The molecule has 0 saturated heterocycles. The summed E-state index contributed by atoms with van der Waals surface area (Å²) in [5.74, 6) is -0.813. The van der Waals surface area contributed by atoms with Gasteiger partial charge in [0.1, 0.15) is 4.83 Å². The molecule has 0 saturated carbocycles. The maximum absolute atomic E-state index is 11.7. The highest BCUT2D eigenvalue weighted by Gasteiger charge is 2.26. The molecule has 0 unspecified atom stereocenters. The number of thiophene rings is 1. The van der Waals surface area contributed by atoms with Crippen LogP contribution < -0.4 is 0 Å². The molecule has 0 fully saturated rings. The average molecular weight is 391 g/mol. The van der Waals surface area contributed by atoms with E-state index in [1.807, 2.05) is 19.1 Å². The molecule has 28 heavy (non-hydrogen) atoms. The van der Waals surface area contributed by atoms with Crippen LogP contribution >= 0.6 is 11.3 Å². The van der Waals surface area contributed by atoms with Crippen molar-refractivity contribution in [2.45, 2.75) is 46.0 Å². The SMILES string of the molecule is Cc1nc2sc3c(c2c(-c2c(C)[nH]c4ccccc24)c1CC(=O)O)CCCC3. The lowest BCUT2D eigenvalue weighted by Gasteiger charge is -2.16. The molecule has 0 amide bonds. The summed E-state index contributed by atoms with van der Waals surface area (Å²) >= 11 is 1.80. The van der Waals surface area contributed by atoms with E-state index in [0.717, 1.165) is 56.7 Å². The number of aryl methyl sites for hydroxylation is 4. The number of aromatic nitrogens is 2. The van der Waals surface area contributed by atoms with Crippen LogP contribution in [0.25, 0.3) is 32.2 Å². The van der Waals surface area contributed by atoms with E-state index in [-0.39, 0.29) is 6.42 Å². The number of nitrogens with one attached hydrogen (secondary N) is 1. The summed E-state index contributed by atoms with van der Waals surface area (Å²) in [6.07, 6.45) is 4.57. The van der Waals surface area contributed by atoms with Crippen molar-refractivity contribution in [1.29, 1.82) is 0 Å². The highest BCUT2D eigenvalue weighted by molar-refractivity contribution is 7.19. The van der Waals surface area contributed by atoms with Gasteiger partial charge in [0.05, 0.1) is 6.42 Å². The van der Waals surface area contributed by atoms with Gasteiger partial charge in [-0.15, -0.1) is 11.3 Å². The Bertz CT molecular complexity index is 1250. The largest absolute Gasteiger partial charge is 0.481 e. The molecule has 0 bridgehead atoms. The number of pyridine rings is 1. The summed E-state index contributed by atoms with van der Waals surface area (Å²) in [7, 11) is 0. The number of fused-ring (bicyclic) bond motifs is 4. The molecule has 0 spiro atoms. The Balaban J connectivity index is 1.96. The van der Waals surface area contributed by atoms with E-state index in [0.29, 0.717) is 0 Å². The highest BCUT2D eigenvalue weighted by Crippen LogP contribution is 2.45. The Hall–Kier alpha value is -2.66. The maximum Gasteiger partial charge on any atom is 0.307 e. The molecule has 4 aromatic rings. The summed E-state index contributed by atoms with van der Waals surface area (Å²) in [6.45, 7) is 4.03. The summed E-state index contributed by atoms with van der Waals surface area (Å²) in [6, 6.07) is 8.28. The van der Waals surface area contributed by atoms with Gasteiger partial charge >= 0.3 is 5.97 Å². The topological polar surface area (TPSA) is 66.0 Å².